The SMILES string of the molecule is CCCOc1cc(Cl)c(C=NN=C(N)N)cc1OC. The fraction of sp³-hybridized carbons (Fsp3) is 0.333. The van der Waals surface area contributed by atoms with E-state index >= 15 is 0 Å². The molecule has 0 unspecified atom stereocenters. The fourth-order valence-electron chi connectivity index (χ4n) is 1.29. The lowest BCUT2D eigenvalue weighted by Crippen LogP contribution is -2.21. The summed E-state index contributed by atoms with van der Waals surface area (Å²) in [5.74, 6) is 1.04. The molecule has 6 nitrogen and oxygen atoms in total. The van der Waals surface area contributed by atoms with Gasteiger partial charge in [-0.1, -0.05) is 18.5 Å². The van der Waals surface area contributed by atoms with Gasteiger partial charge in [0, 0.05) is 11.6 Å². The predicted octanol–water partition coefficient (Wildman–Crippen LogP) is 1.74. The van der Waals surface area contributed by atoms with Crippen molar-refractivity contribution in [1.29, 1.82) is 0 Å². The van der Waals surface area contributed by atoms with Gasteiger partial charge in [0.2, 0.25) is 5.96 Å². The molecule has 0 radical (unpaired) electrons. The van der Waals surface area contributed by atoms with Gasteiger partial charge in [0.05, 0.1) is 25.0 Å². The molecule has 1 aromatic carbocycles. The van der Waals surface area contributed by atoms with Crippen molar-refractivity contribution in [3.8, 4) is 11.5 Å². The maximum absolute atomic E-state index is 6.11. The fourth-order valence-corrected chi connectivity index (χ4v) is 1.49. The molecule has 1 rings (SSSR count). The molecule has 0 aliphatic heterocycles. The highest BCUT2D eigenvalue weighted by Crippen LogP contribution is 2.32. The minimum Gasteiger partial charge on any atom is -0.493 e. The predicted molar refractivity (Wildman–Crippen MR) is 77.2 cm³/mol. The molecule has 1 aromatic rings. The van der Waals surface area contributed by atoms with Gasteiger partial charge in [-0.3, -0.25) is 0 Å². The van der Waals surface area contributed by atoms with Crippen molar-refractivity contribution in [3.05, 3.63) is 22.7 Å². The van der Waals surface area contributed by atoms with Gasteiger partial charge in [0.1, 0.15) is 0 Å². The van der Waals surface area contributed by atoms with Crippen LogP contribution < -0.4 is 20.9 Å². The number of hydrogen-bond acceptors (Lipinski definition) is 4. The summed E-state index contributed by atoms with van der Waals surface area (Å²) >= 11 is 6.11. The molecule has 7 heteroatoms. The van der Waals surface area contributed by atoms with E-state index in [1.807, 2.05) is 6.92 Å². The summed E-state index contributed by atoms with van der Waals surface area (Å²) in [5, 5.41) is 7.67. The molecule has 0 bridgehead atoms. The van der Waals surface area contributed by atoms with E-state index in [0.717, 1.165) is 6.42 Å². The van der Waals surface area contributed by atoms with Crippen LogP contribution in [0.2, 0.25) is 5.02 Å². The third kappa shape index (κ3) is 4.67. The normalized spacial score (nSPS) is 10.5. The van der Waals surface area contributed by atoms with Gasteiger partial charge >= 0.3 is 0 Å². The highest BCUT2D eigenvalue weighted by Gasteiger charge is 2.09. The summed E-state index contributed by atoms with van der Waals surface area (Å²) in [6.45, 7) is 2.61. The number of rotatable bonds is 6. The second-order valence-corrected chi connectivity index (χ2v) is 4.05. The first-order valence-corrected chi connectivity index (χ1v) is 6.08. The maximum atomic E-state index is 6.11. The zero-order chi connectivity index (χ0) is 14.3. The van der Waals surface area contributed by atoms with Gasteiger partial charge in [0.25, 0.3) is 0 Å². The molecule has 104 valence electrons. The first-order chi connectivity index (χ1) is 9.08. The van der Waals surface area contributed by atoms with E-state index in [-0.39, 0.29) is 5.96 Å². The first kappa shape index (κ1) is 15.1. The third-order valence-corrected chi connectivity index (χ3v) is 2.44. The Morgan fingerprint density at radius 2 is 2.11 bits per heavy atom. The number of guanidine groups is 1. The molecule has 0 saturated heterocycles. The van der Waals surface area contributed by atoms with Crippen molar-refractivity contribution in [1.82, 2.24) is 0 Å². The van der Waals surface area contributed by atoms with Crippen molar-refractivity contribution < 1.29 is 9.47 Å². The molecule has 0 saturated carbocycles. The number of ether oxygens (including phenoxy) is 2. The van der Waals surface area contributed by atoms with E-state index in [0.29, 0.717) is 28.7 Å². The molecule has 0 atom stereocenters. The molecule has 0 fully saturated rings. The molecule has 4 N–H and O–H groups in total. The van der Waals surface area contributed by atoms with Crippen LogP contribution in [0, 0.1) is 0 Å². The summed E-state index contributed by atoms with van der Waals surface area (Å²) in [6, 6.07) is 3.38. The number of methoxy groups -OCH3 is 1. The lowest BCUT2D eigenvalue weighted by atomic mass is 10.2. The average molecular weight is 285 g/mol. The Morgan fingerprint density at radius 1 is 1.37 bits per heavy atom. The van der Waals surface area contributed by atoms with Gasteiger partial charge < -0.3 is 20.9 Å². The molecular weight excluding hydrogens is 268 g/mol. The van der Waals surface area contributed by atoms with E-state index in [1.54, 1.807) is 19.2 Å². The zero-order valence-corrected chi connectivity index (χ0v) is 11.6. The lowest BCUT2D eigenvalue weighted by molar-refractivity contribution is 0.294. The lowest BCUT2D eigenvalue weighted by Gasteiger charge is -2.11. The van der Waals surface area contributed by atoms with Gasteiger partial charge in [0.15, 0.2) is 11.5 Å². The topological polar surface area (TPSA) is 95.2 Å². The number of halogens is 1. The third-order valence-electron chi connectivity index (χ3n) is 2.11. The Morgan fingerprint density at radius 3 is 2.68 bits per heavy atom. The summed E-state index contributed by atoms with van der Waals surface area (Å²) < 4.78 is 10.8. The number of nitrogens with zero attached hydrogens (tertiary/aromatic N) is 2. The summed E-state index contributed by atoms with van der Waals surface area (Å²) in [4.78, 5) is 0. The molecule has 0 spiro atoms. The van der Waals surface area contributed by atoms with Crippen molar-refractivity contribution >= 4 is 23.8 Å². The monoisotopic (exact) mass is 284 g/mol. The summed E-state index contributed by atoms with van der Waals surface area (Å²) in [5.41, 5.74) is 11.0. The smallest absolute Gasteiger partial charge is 0.211 e. The molecule has 0 aliphatic rings. The zero-order valence-electron chi connectivity index (χ0n) is 10.9. The number of nitrogens with two attached hydrogens (primary N) is 2. The van der Waals surface area contributed by atoms with E-state index in [4.69, 9.17) is 32.5 Å². The summed E-state index contributed by atoms with van der Waals surface area (Å²) in [7, 11) is 1.55. The van der Waals surface area contributed by atoms with E-state index < -0.39 is 0 Å². The molecule has 0 amide bonds. The van der Waals surface area contributed by atoms with E-state index in [9.17, 15) is 0 Å². The minimum atomic E-state index is -0.123. The number of benzene rings is 1. The second-order valence-electron chi connectivity index (χ2n) is 3.64. The Hall–Kier alpha value is -1.95. The highest BCUT2D eigenvalue weighted by molar-refractivity contribution is 6.33. The minimum absolute atomic E-state index is 0.123. The Balaban J connectivity index is 3.02. The van der Waals surface area contributed by atoms with Gasteiger partial charge in [-0.2, -0.15) is 5.10 Å². The Bertz CT molecular complexity index is 485. The Labute approximate surface area is 117 Å². The van der Waals surface area contributed by atoms with Crippen LogP contribution in [0.15, 0.2) is 22.3 Å². The average Bonchev–Trinajstić information content (AvgIpc) is 2.38. The number of hydrogen-bond donors (Lipinski definition) is 2. The summed E-state index contributed by atoms with van der Waals surface area (Å²) in [6.07, 6.45) is 2.34. The second kappa shape index (κ2) is 7.48. The van der Waals surface area contributed by atoms with Gasteiger partial charge in [-0.05, 0) is 12.5 Å². The van der Waals surface area contributed by atoms with Crippen LogP contribution in [-0.4, -0.2) is 25.9 Å². The molecule has 0 heterocycles. The molecular formula is C12H17ClN4O2. The van der Waals surface area contributed by atoms with Crippen LogP contribution in [-0.2, 0) is 0 Å². The van der Waals surface area contributed by atoms with Gasteiger partial charge in [-0.15, -0.1) is 5.10 Å². The molecule has 0 aromatic heterocycles. The van der Waals surface area contributed by atoms with Crippen LogP contribution in [0.1, 0.15) is 18.9 Å². The molecule has 19 heavy (non-hydrogen) atoms. The van der Waals surface area contributed by atoms with Crippen molar-refractivity contribution in [3.63, 3.8) is 0 Å². The first-order valence-electron chi connectivity index (χ1n) is 5.70. The Kier molecular flexibility index (Phi) is 5.95. The van der Waals surface area contributed by atoms with Crippen LogP contribution in [0.4, 0.5) is 0 Å². The maximum Gasteiger partial charge on any atom is 0.211 e. The largest absolute Gasteiger partial charge is 0.493 e. The highest BCUT2D eigenvalue weighted by atomic mass is 35.5. The van der Waals surface area contributed by atoms with Gasteiger partial charge in [-0.25, -0.2) is 0 Å². The van der Waals surface area contributed by atoms with Crippen LogP contribution >= 0.6 is 11.6 Å². The van der Waals surface area contributed by atoms with Crippen LogP contribution in [0.5, 0.6) is 11.5 Å². The molecule has 0 aliphatic carbocycles. The van der Waals surface area contributed by atoms with E-state index in [2.05, 4.69) is 10.2 Å². The van der Waals surface area contributed by atoms with Crippen molar-refractivity contribution in [2.75, 3.05) is 13.7 Å². The van der Waals surface area contributed by atoms with Crippen LogP contribution in [0.25, 0.3) is 0 Å². The quantitative estimate of drug-likeness (QED) is 0.472. The van der Waals surface area contributed by atoms with E-state index in [1.165, 1.54) is 6.21 Å². The van der Waals surface area contributed by atoms with Crippen molar-refractivity contribution in [2.45, 2.75) is 13.3 Å². The standard InChI is InChI=1S/C12H17ClN4O2/c1-3-4-19-11-6-9(13)8(5-10(11)18-2)7-16-17-12(14)15/h5-7H,3-4H2,1-2H3,(H4,14,15,17). The van der Waals surface area contributed by atoms with Crippen molar-refractivity contribution in [2.24, 2.45) is 21.7 Å². The van der Waals surface area contributed by atoms with Crippen LogP contribution in [0.3, 0.4) is 0 Å².